The Morgan fingerprint density at radius 2 is 2.25 bits per heavy atom. The lowest BCUT2D eigenvalue weighted by Crippen LogP contribution is -2.18. The van der Waals surface area contributed by atoms with E-state index in [1.54, 1.807) is 12.1 Å². The number of hydrogen-bond acceptors (Lipinski definition) is 3. The zero-order valence-electron chi connectivity index (χ0n) is 11.0. The Kier molecular flexibility index (Phi) is 4.12. The van der Waals surface area contributed by atoms with Gasteiger partial charge in [-0.05, 0) is 36.6 Å². The molecule has 0 unspecified atom stereocenters. The zero-order valence-corrected chi connectivity index (χ0v) is 12.6. The fourth-order valence-electron chi connectivity index (χ4n) is 2.21. The summed E-state index contributed by atoms with van der Waals surface area (Å²) in [6.45, 7) is 1.43. The van der Waals surface area contributed by atoms with E-state index in [9.17, 15) is 4.39 Å². The van der Waals surface area contributed by atoms with Crippen molar-refractivity contribution < 1.29 is 4.39 Å². The average molecular weight is 339 g/mol. The van der Waals surface area contributed by atoms with Gasteiger partial charge >= 0.3 is 0 Å². The summed E-state index contributed by atoms with van der Waals surface area (Å²) in [7, 11) is 0. The molecule has 0 aliphatic heterocycles. The highest BCUT2D eigenvalue weighted by Crippen LogP contribution is 2.35. The first kappa shape index (κ1) is 13.7. The Morgan fingerprint density at radius 3 is 3.05 bits per heavy atom. The van der Waals surface area contributed by atoms with Crippen LogP contribution in [0.2, 0.25) is 0 Å². The van der Waals surface area contributed by atoms with Crippen molar-refractivity contribution in [1.82, 2.24) is 20.1 Å². The molecule has 20 heavy (non-hydrogen) atoms. The van der Waals surface area contributed by atoms with E-state index in [1.807, 2.05) is 6.33 Å². The van der Waals surface area contributed by atoms with Crippen molar-refractivity contribution in [2.45, 2.75) is 31.8 Å². The molecule has 1 aromatic carbocycles. The molecule has 0 radical (unpaired) electrons. The average Bonchev–Trinajstić information content (AvgIpc) is 3.18. The van der Waals surface area contributed by atoms with Crippen molar-refractivity contribution >= 4 is 15.9 Å². The summed E-state index contributed by atoms with van der Waals surface area (Å²) < 4.78 is 16.2. The first-order valence-corrected chi connectivity index (χ1v) is 7.56. The van der Waals surface area contributed by atoms with Crippen LogP contribution in [0.25, 0.3) is 0 Å². The lowest BCUT2D eigenvalue weighted by Gasteiger charge is -2.08. The maximum Gasteiger partial charge on any atom is 0.134 e. The molecule has 4 nitrogen and oxygen atoms in total. The molecule has 1 fully saturated rings. The van der Waals surface area contributed by atoms with E-state index in [4.69, 9.17) is 0 Å². The third-order valence-corrected chi connectivity index (χ3v) is 4.21. The number of rotatable bonds is 6. The number of aromatic nitrogens is 3. The fourth-order valence-corrected chi connectivity index (χ4v) is 2.59. The molecule has 1 aliphatic rings. The highest BCUT2D eigenvalue weighted by Gasteiger charge is 2.25. The van der Waals surface area contributed by atoms with Gasteiger partial charge in [-0.15, -0.1) is 10.2 Å². The Labute approximate surface area is 125 Å². The molecule has 0 amide bonds. The molecule has 0 atom stereocenters. The predicted molar refractivity (Wildman–Crippen MR) is 77.8 cm³/mol. The highest BCUT2D eigenvalue weighted by atomic mass is 79.9. The third-order valence-electron chi connectivity index (χ3n) is 3.44. The molecule has 0 bridgehead atoms. The number of benzene rings is 1. The van der Waals surface area contributed by atoms with Gasteiger partial charge in [0.1, 0.15) is 18.0 Å². The first-order valence-electron chi connectivity index (χ1n) is 6.77. The van der Waals surface area contributed by atoms with Crippen molar-refractivity contribution in [2.24, 2.45) is 0 Å². The van der Waals surface area contributed by atoms with E-state index >= 15 is 0 Å². The van der Waals surface area contributed by atoms with E-state index in [2.05, 4.69) is 36.0 Å². The molecule has 1 saturated carbocycles. The van der Waals surface area contributed by atoms with Gasteiger partial charge in [-0.25, -0.2) is 4.39 Å². The van der Waals surface area contributed by atoms with Crippen LogP contribution in [0.15, 0.2) is 29.0 Å². The Hall–Kier alpha value is -1.27. The summed E-state index contributed by atoms with van der Waals surface area (Å²) in [5.41, 5.74) is 0.925. The molecule has 1 aromatic heterocycles. The Balaban J connectivity index is 1.50. The molecule has 0 saturated heterocycles. The van der Waals surface area contributed by atoms with E-state index in [0.717, 1.165) is 28.8 Å². The van der Waals surface area contributed by atoms with E-state index in [0.29, 0.717) is 12.6 Å². The van der Waals surface area contributed by atoms with Crippen LogP contribution in [-0.4, -0.2) is 21.3 Å². The first-order chi connectivity index (χ1) is 9.74. The van der Waals surface area contributed by atoms with Crippen molar-refractivity contribution in [3.63, 3.8) is 0 Å². The molecule has 6 heteroatoms. The summed E-state index contributed by atoms with van der Waals surface area (Å²) in [4.78, 5) is 0. The van der Waals surface area contributed by atoms with Gasteiger partial charge in [0.2, 0.25) is 0 Å². The maximum atomic E-state index is 13.2. The van der Waals surface area contributed by atoms with Gasteiger partial charge < -0.3 is 9.88 Å². The second-order valence-corrected chi connectivity index (χ2v) is 5.90. The summed E-state index contributed by atoms with van der Waals surface area (Å²) >= 11 is 3.43. The molecule has 106 valence electrons. The van der Waals surface area contributed by atoms with Crippen LogP contribution in [0.3, 0.4) is 0 Å². The van der Waals surface area contributed by atoms with Crippen LogP contribution in [0, 0.1) is 5.82 Å². The largest absolute Gasteiger partial charge is 0.314 e. The van der Waals surface area contributed by atoms with Gasteiger partial charge in [-0.1, -0.05) is 15.9 Å². The predicted octanol–water partition coefficient (Wildman–Crippen LogP) is 2.85. The van der Waals surface area contributed by atoms with Crippen LogP contribution in [0.1, 0.15) is 30.3 Å². The second-order valence-electron chi connectivity index (χ2n) is 5.05. The molecule has 1 N–H and O–H groups in total. The topological polar surface area (TPSA) is 42.7 Å². The zero-order chi connectivity index (χ0) is 13.9. The Bertz CT molecular complexity index is 595. The van der Waals surface area contributed by atoms with E-state index < -0.39 is 0 Å². The fraction of sp³-hybridized carbons (Fsp3) is 0.429. The minimum absolute atomic E-state index is 0.210. The molecule has 2 aromatic rings. The van der Waals surface area contributed by atoms with Gasteiger partial charge in [0, 0.05) is 30.0 Å². The van der Waals surface area contributed by atoms with Crippen LogP contribution >= 0.6 is 15.9 Å². The van der Waals surface area contributed by atoms with Crippen LogP contribution < -0.4 is 5.32 Å². The lowest BCUT2D eigenvalue weighted by molar-refractivity contribution is 0.610. The molecule has 0 spiro atoms. The van der Waals surface area contributed by atoms with Crippen LogP contribution in [0.5, 0.6) is 0 Å². The van der Waals surface area contributed by atoms with Gasteiger partial charge in [0.25, 0.3) is 0 Å². The maximum absolute atomic E-state index is 13.2. The van der Waals surface area contributed by atoms with E-state index in [-0.39, 0.29) is 5.82 Å². The van der Waals surface area contributed by atoms with E-state index in [1.165, 1.54) is 18.9 Å². The summed E-state index contributed by atoms with van der Waals surface area (Å²) in [6.07, 6.45) is 5.11. The summed E-state index contributed by atoms with van der Waals surface area (Å²) in [5.74, 6) is 0.816. The van der Waals surface area contributed by atoms with Gasteiger partial charge in [0.05, 0.1) is 0 Å². The molecular weight excluding hydrogens is 323 g/mol. The summed E-state index contributed by atoms with van der Waals surface area (Å²) in [5, 5.41) is 11.4. The third kappa shape index (κ3) is 3.24. The highest BCUT2D eigenvalue weighted by molar-refractivity contribution is 9.10. The van der Waals surface area contributed by atoms with Gasteiger partial charge in [-0.3, -0.25) is 0 Å². The molecule has 1 aliphatic carbocycles. The molecule has 1 heterocycles. The van der Waals surface area contributed by atoms with Gasteiger partial charge in [-0.2, -0.15) is 0 Å². The van der Waals surface area contributed by atoms with Crippen LogP contribution in [0.4, 0.5) is 4.39 Å². The van der Waals surface area contributed by atoms with Crippen molar-refractivity contribution in [2.75, 3.05) is 6.54 Å². The summed E-state index contributed by atoms with van der Waals surface area (Å²) in [6, 6.07) is 5.34. The lowest BCUT2D eigenvalue weighted by atomic mass is 10.2. The molecule has 3 rings (SSSR count). The van der Waals surface area contributed by atoms with Crippen molar-refractivity contribution in [3.8, 4) is 0 Å². The molecular formula is C14H16BrFN4. The SMILES string of the molecule is Fc1ccc(Br)c(CNCCc2nncn2C2CC2)c1. The normalized spacial score (nSPS) is 14.7. The minimum Gasteiger partial charge on any atom is -0.314 e. The van der Waals surface area contributed by atoms with Crippen molar-refractivity contribution in [1.29, 1.82) is 0 Å². The standard InChI is InChI=1S/C14H16BrFN4/c15-13-4-1-11(16)7-10(13)8-17-6-5-14-19-18-9-20(14)12-2-3-12/h1,4,7,9,12,17H,2-3,5-6,8H2. The Morgan fingerprint density at radius 1 is 1.40 bits per heavy atom. The second kappa shape index (κ2) is 6.01. The number of nitrogens with zero attached hydrogens (tertiary/aromatic N) is 3. The van der Waals surface area contributed by atoms with Crippen molar-refractivity contribution in [3.05, 3.63) is 46.2 Å². The monoisotopic (exact) mass is 338 g/mol. The van der Waals surface area contributed by atoms with Gasteiger partial charge in [0.15, 0.2) is 0 Å². The quantitative estimate of drug-likeness (QED) is 0.823. The number of hydrogen-bond donors (Lipinski definition) is 1. The van der Waals surface area contributed by atoms with Crippen LogP contribution in [-0.2, 0) is 13.0 Å². The number of halogens is 2. The smallest absolute Gasteiger partial charge is 0.134 e. The number of nitrogens with one attached hydrogen (secondary N) is 1. The minimum atomic E-state index is -0.210.